The molecule has 92 valence electrons. The molecule has 5 nitrogen and oxygen atoms in total. The Bertz CT molecular complexity index is 248. The first-order valence-electron chi connectivity index (χ1n) is 5.77. The maximum absolute atomic E-state index is 11.4. The zero-order valence-electron chi connectivity index (χ0n) is 9.61. The second-order valence-corrected chi connectivity index (χ2v) is 4.10. The first-order valence-corrected chi connectivity index (χ1v) is 5.77. The lowest BCUT2D eigenvalue weighted by Gasteiger charge is -2.14. The number of carbonyl (C=O) groups is 2. The smallest absolute Gasteiger partial charge is 0.434 e. The highest BCUT2D eigenvalue weighted by Gasteiger charge is 2.25. The average Bonchev–Trinajstić information content (AvgIpc) is 2.70. The third kappa shape index (κ3) is 4.18. The van der Waals surface area contributed by atoms with Gasteiger partial charge in [0.15, 0.2) is 0 Å². The standard InChI is InChI=1S/C11H19NO4/c1-2-15-11(14)16-10(13)9(12)7-8-5-3-4-6-8/h8-9H,2-7,12H2,1H3. The van der Waals surface area contributed by atoms with Crippen LogP contribution < -0.4 is 5.73 Å². The lowest BCUT2D eigenvalue weighted by atomic mass is 9.99. The number of esters is 1. The van der Waals surface area contributed by atoms with Gasteiger partial charge in [-0.1, -0.05) is 25.7 Å². The van der Waals surface area contributed by atoms with Gasteiger partial charge >= 0.3 is 12.1 Å². The van der Waals surface area contributed by atoms with Gasteiger partial charge in [0, 0.05) is 0 Å². The highest BCUT2D eigenvalue weighted by atomic mass is 16.7. The normalized spacial score (nSPS) is 18.1. The van der Waals surface area contributed by atoms with E-state index in [4.69, 9.17) is 5.73 Å². The van der Waals surface area contributed by atoms with E-state index in [9.17, 15) is 9.59 Å². The van der Waals surface area contributed by atoms with Crippen LogP contribution in [0.25, 0.3) is 0 Å². The molecule has 2 N–H and O–H groups in total. The summed E-state index contributed by atoms with van der Waals surface area (Å²) < 4.78 is 8.93. The van der Waals surface area contributed by atoms with Crippen molar-refractivity contribution in [1.82, 2.24) is 0 Å². The number of nitrogens with two attached hydrogens (primary N) is 1. The Hall–Kier alpha value is -1.10. The molecule has 0 amide bonds. The molecular weight excluding hydrogens is 210 g/mol. The molecular formula is C11H19NO4. The largest absolute Gasteiger partial charge is 0.516 e. The van der Waals surface area contributed by atoms with Crippen LogP contribution in [-0.4, -0.2) is 24.8 Å². The fourth-order valence-electron chi connectivity index (χ4n) is 2.01. The van der Waals surface area contributed by atoms with E-state index >= 15 is 0 Å². The van der Waals surface area contributed by atoms with Crippen molar-refractivity contribution in [2.75, 3.05) is 6.61 Å². The van der Waals surface area contributed by atoms with Gasteiger partial charge in [-0.25, -0.2) is 9.59 Å². The quantitative estimate of drug-likeness (QED) is 0.585. The Balaban J connectivity index is 2.26. The van der Waals surface area contributed by atoms with E-state index in [0.717, 1.165) is 12.8 Å². The molecule has 0 aromatic rings. The second kappa shape index (κ2) is 6.48. The van der Waals surface area contributed by atoms with Crippen LogP contribution in [0.15, 0.2) is 0 Å². The van der Waals surface area contributed by atoms with Gasteiger partial charge in [0.1, 0.15) is 6.04 Å². The van der Waals surface area contributed by atoms with Gasteiger partial charge < -0.3 is 15.2 Å². The molecule has 16 heavy (non-hydrogen) atoms. The Morgan fingerprint density at radius 3 is 2.56 bits per heavy atom. The molecule has 1 aliphatic rings. The van der Waals surface area contributed by atoms with Crippen LogP contribution in [0.2, 0.25) is 0 Å². The average molecular weight is 229 g/mol. The van der Waals surface area contributed by atoms with Gasteiger partial charge in [-0.3, -0.25) is 0 Å². The summed E-state index contributed by atoms with van der Waals surface area (Å²) in [7, 11) is 0. The minimum absolute atomic E-state index is 0.185. The van der Waals surface area contributed by atoms with Crippen molar-refractivity contribution in [3.05, 3.63) is 0 Å². The molecule has 1 saturated carbocycles. The molecule has 0 heterocycles. The maximum Gasteiger partial charge on any atom is 0.516 e. The minimum atomic E-state index is -0.964. The van der Waals surface area contributed by atoms with Crippen LogP contribution in [0.4, 0.5) is 4.79 Å². The van der Waals surface area contributed by atoms with E-state index < -0.39 is 18.2 Å². The summed E-state index contributed by atoms with van der Waals surface area (Å²) in [5.74, 6) is -0.199. The molecule has 0 bridgehead atoms. The van der Waals surface area contributed by atoms with Crippen molar-refractivity contribution < 1.29 is 19.1 Å². The van der Waals surface area contributed by atoms with E-state index in [1.54, 1.807) is 6.92 Å². The molecule has 1 rings (SSSR count). The number of hydrogen-bond donors (Lipinski definition) is 1. The SMILES string of the molecule is CCOC(=O)OC(=O)C(N)CC1CCCC1. The van der Waals surface area contributed by atoms with Crippen LogP contribution in [-0.2, 0) is 14.3 Å². The summed E-state index contributed by atoms with van der Waals surface area (Å²) in [5, 5.41) is 0. The minimum Gasteiger partial charge on any atom is -0.434 e. The van der Waals surface area contributed by atoms with Gasteiger partial charge in [0.2, 0.25) is 0 Å². The molecule has 0 radical (unpaired) electrons. The highest BCUT2D eigenvalue weighted by Crippen LogP contribution is 2.28. The predicted octanol–water partition coefficient (Wildman–Crippen LogP) is 1.59. The Morgan fingerprint density at radius 1 is 1.38 bits per heavy atom. The van der Waals surface area contributed by atoms with Gasteiger partial charge in [0.05, 0.1) is 6.61 Å². The topological polar surface area (TPSA) is 78.6 Å². The summed E-state index contributed by atoms with van der Waals surface area (Å²) in [6.45, 7) is 1.83. The van der Waals surface area contributed by atoms with Gasteiger partial charge in [-0.15, -0.1) is 0 Å². The van der Waals surface area contributed by atoms with E-state index in [-0.39, 0.29) is 6.61 Å². The molecule has 1 unspecified atom stereocenters. The Kier molecular flexibility index (Phi) is 5.25. The Morgan fingerprint density at radius 2 is 2.00 bits per heavy atom. The predicted molar refractivity (Wildman–Crippen MR) is 57.7 cm³/mol. The maximum atomic E-state index is 11.4. The molecule has 1 aliphatic carbocycles. The lowest BCUT2D eigenvalue weighted by Crippen LogP contribution is -2.35. The van der Waals surface area contributed by atoms with Crippen molar-refractivity contribution in [3.8, 4) is 0 Å². The molecule has 0 aromatic carbocycles. The van der Waals surface area contributed by atoms with E-state index in [1.807, 2.05) is 0 Å². The third-order valence-corrected chi connectivity index (χ3v) is 2.81. The Labute approximate surface area is 95.3 Å². The number of hydrogen-bond acceptors (Lipinski definition) is 5. The first-order chi connectivity index (χ1) is 7.63. The van der Waals surface area contributed by atoms with Crippen LogP contribution in [0.1, 0.15) is 39.0 Å². The summed E-state index contributed by atoms with van der Waals surface area (Å²) in [6.07, 6.45) is 4.25. The zero-order valence-corrected chi connectivity index (χ0v) is 9.61. The number of rotatable bonds is 4. The zero-order chi connectivity index (χ0) is 12.0. The number of carbonyl (C=O) groups excluding carboxylic acids is 2. The summed E-state index contributed by atoms with van der Waals surface area (Å²) in [6, 6.07) is -0.715. The van der Waals surface area contributed by atoms with Crippen molar-refractivity contribution >= 4 is 12.1 Å². The molecule has 5 heteroatoms. The fourth-order valence-corrected chi connectivity index (χ4v) is 2.01. The van der Waals surface area contributed by atoms with Gasteiger partial charge in [0.25, 0.3) is 0 Å². The molecule has 0 saturated heterocycles. The lowest BCUT2D eigenvalue weighted by molar-refractivity contribution is -0.141. The van der Waals surface area contributed by atoms with E-state index in [1.165, 1.54) is 12.8 Å². The van der Waals surface area contributed by atoms with E-state index in [2.05, 4.69) is 9.47 Å². The highest BCUT2D eigenvalue weighted by molar-refractivity contribution is 5.85. The van der Waals surface area contributed by atoms with Crippen molar-refractivity contribution in [2.24, 2.45) is 11.7 Å². The van der Waals surface area contributed by atoms with Crippen LogP contribution >= 0.6 is 0 Å². The molecule has 0 spiro atoms. The van der Waals surface area contributed by atoms with Crippen LogP contribution in [0.5, 0.6) is 0 Å². The first kappa shape index (κ1) is 13.0. The van der Waals surface area contributed by atoms with Crippen LogP contribution in [0, 0.1) is 5.92 Å². The third-order valence-electron chi connectivity index (χ3n) is 2.81. The van der Waals surface area contributed by atoms with Crippen molar-refractivity contribution in [2.45, 2.75) is 45.1 Å². The summed E-state index contributed by atoms with van der Waals surface area (Å²) in [4.78, 5) is 22.2. The summed E-state index contributed by atoms with van der Waals surface area (Å²) in [5.41, 5.74) is 5.66. The molecule has 1 fully saturated rings. The van der Waals surface area contributed by atoms with E-state index in [0.29, 0.717) is 12.3 Å². The second-order valence-electron chi connectivity index (χ2n) is 4.10. The van der Waals surface area contributed by atoms with Crippen molar-refractivity contribution in [1.29, 1.82) is 0 Å². The summed E-state index contributed by atoms with van der Waals surface area (Å²) >= 11 is 0. The fraction of sp³-hybridized carbons (Fsp3) is 0.818. The molecule has 1 atom stereocenters. The van der Waals surface area contributed by atoms with Crippen molar-refractivity contribution in [3.63, 3.8) is 0 Å². The monoisotopic (exact) mass is 229 g/mol. The van der Waals surface area contributed by atoms with Crippen LogP contribution in [0.3, 0.4) is 0 Å². The number of ether oxygens (including phenoxy) is 2. The van der Waals surface area contributed by atoms with Gasteiger partial charge in [-0.05, 0) is 19.3 Å². The van der Waals surface area contributed by atoms with Gasteiger partial charge in [-0.2, -0.15) is 0 Å². The molecule has 0 aromatic heterocycles. The molecule has 0 aliphatic heterocycles.